The predicted molar refractivity (Wildman–Crippen MR) is 94.3 cm³/mol. The second-order valence-electron chi connectivity index (χ2n) is 5.75. The molecule has 1 fully saturated rings. The highest BCUT2D eigenvalue weighted by atomic mass is 35.5. The Kier molecular flexibility index (Phi) is 5.67. The highest BCUT2D eigenvalue weighted by Gasteiger charge is 2.20. The summed E-state index contributed by atoms with van der Waals surface area (Å²) in [5, 5.41) is 6.59. The van der Waals surface area contributed by atoms with E-state index in [1.165, 1.54) is 0 Å². The molecule has 0 saturated carbocycles. The minimum Gasteiger partial charge on any atom is -0.486 e. The Balaban J connectivity index is 1.58. The first-order valence-electron chi connectivity index (χ1n) is 8.09. The minimum atomic E-state index is -0.127. The molecule has 5 nitrogen and oxygen atoms in total. The van der Waals surface area contributed by atoms with Crippen LogP contribution in [0.1, 0.15) is 25.0 Å². The second kappa shape index (κ2) is 8.13. The van der Waals surface area contributed by atoms with Gasteiger partial charge in [-0.25, -0.2) is 0 Å². The number of amides is 1. The molecule has 0 unspecified atom stereocenters. The highest BCUT2D eigenvalue weighted by molar-refractivity contribution is 6.32. The first-order valence-corrected chi connectivity index (χ1v) is 8.47. The number of carbonyl (C=O) groups is 1. The summed E-state index contributed by atoms with van der Waals surface area (Å²) in [5.74, 6) is 0.545. The summed E-state index contributed by atoms with van der Waals surface area (Å²) in [7, 11) is 0. The zero-order chi connectivity index (χ0) is 16.8. The lowest BCUT2D eigenvalue weighted by Gasteiger charge is -2.22. The summed E-state index contributed by atoms with van der Waals surface area (Å²) in [4.78, 5) is 16.4. The van der Waals surface area contributed by atoms with E-state index < -0.39 is 0 Å². The van der Waals surface area contributed by atoms with E-state index >= 15 is 0 Å². The van der Waals surface area contributed by atoms with Crippen molar-refractivity contribution in [3.63, 3.8) is 0 Å². The van der Waals surface area contributed by atoms with Gasteiger partial charge < -0.3 is 15.4 Å². The van der Waals surface area contributed by atoms with Gasteiger partial charge in [0.25, 0.3) is 0 Å². The Morgan fingerprint density at radius 3 is 2.96 bits per heavy atom. The van der Waals surface area contributed by atoms with Crippen molar-refractivity contribution >= 4 is 23.2 Å². The molecule has 1 atom stereocenters. The quantitative estimate of drug-likeness (QED) is 0.871. The minimum absolute atomic E-state index is 0.0204. The Labute approximate surface area is 146 Å². The van der Waals surface area contributed by atoms with Crippen LogP contribution in [0.15, 0.2) is 42.6 Å². The van der Waals surface area contributed by atoms with Crippen molar-refractivity contribution in [2.24, 2.45) is 0 Å². The van der Waals surface area contributed by atoms with Crippen LogP contribution in [-0.4, -0.2) is 23.5 Å². The van der Waals surface area contributed by atoms with E-state index in [-0.39, 0.29) is 11.9 Å². The van der Waals surface area contributed by atoms with Gasteiger partial charge >= 0.3 is 0 Å². The molecule has 1 aromatic carbocycles. The number of hydrogen-bond acceptors (Lipinski definition) is 4. The van der Waals surface area contributed by atoms with Crippen molar-refractivity contribution in [1.29, 1.82) is 0 Å². The van der Waals surface area contributed by atoms with Gasteiger partial charge in [0, 0.05) is 11.9 Å². The molecule has 0 bridgehead atoms. The number of ether oxygens (including phenoxy) is 1. The smallest absolute Gasteiger partial charge is 0.241 e. The van der Waals surface area contributed by atoms with Crippen LogP contribution in [0.25, 0.3) is 0 Å². The number of nitrogens with one attached hydrogen (secondary N) is 2. The molecule has 24 heavy (non-hydrogen) atoms. The average molecular weight is 346 g/mol. The lowest BCUT2D eigenvalue weighted by Crippen LogP contribution is -2.43. The number of anilines is 1. The first kappa shape index (κ1) is 16.7. The molecule has 1 saturated heterocycles. The highest BCUT2D eigenvalue weighted by Crippen LogP contribution is 2.28. The summed E-state index contributed by atoms with van der Waals surface area (Å²) in [6, 6.07) is 10.8. The van der Waals surface area contributed by atoms with Crippen molar-refractivity contribution < 1.29 is 9.53 Å². The maximum absolute atomic E-state index is 12.2. The van der Waals surface area contributed by atoms with Gasteiger partial charge in [-0.2, -0.15) is 0 Å². The molecule has 0 aliphatic carbocycles. The number of benzene rings is 1. The summed E-state index contributed by atoms with van der Waals surface area (Å²) in [5.41, 5.74) is 1.50. The van der Waals surface area contributed by atoms with Crippen LogP contribution in [0.4, 0.5) is 5.69 Å². The fourth-order valence-corrected chi connectivity index (χ4v) is 2.87. The van der Waals surface area contributed by atoms with Gasteiger partial charge in [-0.15, -0.1) is 0 Å². The molecule has 2 N–H and O–H groups in total. The van der Waals surface area contributed by atoms with Crippen molar-refractivity contribution in [2.45, 2.75) is 31.9 Å². The van der Waals surface area contributed by atoms with Crippen LogP contribution in [0.5, 0.6) is 5.75 Å². The number of piperidine rings is 1. The van der Waals surface area contributed by atoms with Crippen LogP contribution < -0.4 is 15.4 Å². The molecule has 1 aliphatic rings. The molecular weight excluding hydrogens is 326 g/mol. The molecule has 1 aliphatic heterocycles. The maximum atomic E-state index is 12.2. The molecular formula is C18H20ClN3O2. The molecule has 2 aromatic rings. The fraction of sp³-hybridized carbons (Fsp3) is 0.333. The Bertz CT molecular complexity index is 688. The number of aromatic nitrogens is 1. The van der Waals surface area contributed by atoms with Gasteiger partial charge in [-0.3, -0.25) is 9.78 Å². The van der Waals surface area contributed by atoms with E-state index in [0.29, 0.717) is 23.1 Å². The Hall–Kier alpha value is -2.11. The second-order valence-corrected chi connectivity index (χ2v) is 6.15. The molecule has 1 amide bonds. The SMILES string of the molecule is O=C(Nc1ccc(OCc2ccccn2)c(Cl)c1)[C@H]1CCCCN1. The van der Waals surface area contributed by atoms with Gasteiger partial charge in [0.15, 0.2) is 0 Å². The Morgan fingerprint density at radius 2 is 2.25 bits per heavy atom. The van der Waals surface area contributed by atoms with E-state index in [0.717, 1.165) is 31.5 Å². The molecule has 1 aromatic heterocycles. The van der Waals surface area contributed by atoms with Gasteiger partial charge in [-0.05, 0) is 49.7 Å². The lowest BCUT2D eigenvalue weighted by molar-refractivity contribution is -0.118. The summed E-state index contributed by atoms with van der Waals surface area (Å²) >= 11 is 6.25. The van der Waals surface area contributed by atoms with Gasteiger partial charge in [0.2, 0.25) is 5.91 Å². The Morgan fingerprint density at radius 1 is 1.33 bits per heavy atom. The monoisotopic (exact) mass is 345 g/mol. The standard InChI is InChI=1S/C18H20ClN3O2/c19-15-11-13(22-18(23)16-6-2-4-10-21-16)7-8-17(15)24-12-14-5-1-3-9-20-14/h1,3,5,7-9,11,16,21H,2,4,6,10,12H2,(H,22,23)/t16-/m1/s1. The normalized spacial score (nSPS) is 17.3. The van der Waals surface area contributed by atoms with Crippen LogP contribution in [0.2, 0.25) is 5.02 Å². The third-order valence-electron chi connectivity index (χ3n) is 3.93. The van der Waals surface area contributed by atoms with E-state index in [9.17, 15) is 4.79 Å². The largest absolute Gasteiger partial charge is 0.486 e. The van der Waals surface area contributed by atoms with Crippen LogP contribution >= 0.6 is 11.6 Å². The topological polar surface area (TPSA) is 63.2 Å². The average Bonchev–Trinajstić information content (AvgIpc) is 2.62. The van der Waals surface area contributed by atoms with Gasteiger partial charge in [0.1, 0.15) is 12.4 Å². The zero-order valence-corrected chi connectivity index (χ0v) is 14.1. The first-order chi connectivity index (χ1) is 11.7. The molecule has 6 heteroatoms. The zero-order valence-electron chi connectivity index (χ0n) is 13.3. The third-order valence-corrected chi connectivity index (χ3v) is 4.22. The van der Waals surface area contributed by atoms with Gasteiger partial charge in [-0.1, -0.05) is 24.1 Å². The van der Waals surface area contributed by atoms with Crippen molar-refractivity contribution in [3.05, 3.63) is 53.3 Å². The summed E-state index contributed by atoms with van der Waals surface area (Å²) in [6.07, 6.45) is 4.78. The van der Waals surface area contributed by atoms with Crippen LogP contribution in [0, 0.1) is 0 Å². The molecule has 126 valence electrons. The third kappa shape index (κ3) is 4.46. The molecule has 0 spiro atoms. The van der Waals surface area contributed by atoms with E-state index in [1.807, 2.05) is 18.2 Å². The fourth-order valence-electron chi connectivity index (χ4n) is 2.64. The molecule has 0 radical (unpaired) electrons. The summed E-state index contributed by atoms with van der Waals surface area (Å²) in [6.45, 7) is 1.23. The lowest BCUT2D eigenvalue weighted by atomic mass is 10.0. The van der Waals surface area contributed by atoms with Crippen molar-refractivity contribution in [1.82, 2.24) is 10.3 Å². The number of carbonyl (C=O) groups excluding carboxylic acids is 1. The van der Waals surface area contributed by atoms with Crippen LogP contribution in [0.3, 0.4) is 0 Å². The van der Waals surface area contributed by atoms with Crippen LogP contribution in [-0.2, 0) is 11.4 Å². The van der Waals surface area contributed by atoms with E-state index in [4.69, 9.17) is 16.3 Å². The van der Waals surface area contributed by atoms with Crippen molar-refractivity contribution in [3.8, 4) is 5.75 Å². The van der Waals surface area contributed by atoms with Gasteiger partial charge in [0.05, 0.1) is 16.8 Å². The van der Waals surface area contributed by atoms with E-state index in [1.54, 1.807) is 24.4 Å². The predicted octanol–water partition coefficient (Wildman–Crippen LogP) is 3.39. The molecule has 3 rings (SSSR count). The maximum Gasteiger partial charge on any atom is 0.241 e. The molecule has 2 heterocycles. The summed E-state index contributed by atoms with van der Waals surface area (Å²) < 4.78 is 5.68. The number of pyridine rings is 1. The number of halogens is 1. The number of rotatable bonds is 5. The van der Waals surface area contributed by atoms with Crippen molar-refractivity contribution in [2.75, 3.05) is 11.9 Å². The van der Waals surface area contributed by atoms with E-state index in [2.05, 4.69) is 15.6 Å². The number of hydrogen-bond donors (Lipinski definition) is 2. The number of nitrogens with zero attached hydrogens (tertiary/aromatic N) is 1.